The van der Waals surface area contributed by atoms with E-state index < -0.39 is 0 Å². The summed E-state index contributed by atoms with van der Waals surface area (Å²) in [4.78, 5) is 4.21. The SMILES string of the molecule is CCOc1ccc(NC(=NC)NCc2nnc(C)n2C)cc1OC.I. The van der Waals surface area contributed by atoms with Crippen molar-refractivity contribution >= 4 is 35.6 Å². The molecule has 0 fully saturated rings. The molecule has 0 saturated carbocycles. The van der Waals surface area contributed by atoms with Gasteiger partial charge in [-0.3, -0.25) is 4.99 Å². The average molecular weight is 460 g/mol. The number of aryl methyl sites for hydroxylation is 1. The van der Waals surface area contributed by atoms with Crippen LogP contribution in [-0.4, -0.2) is 41.5 Å². The van der Waals surface area contributed by atoms with Gasteiger partial charge in [0.1, 0.15) is 5.82 Å². The van der Waals surface area contributed by atoms with Gasteiger partial charge in [-0.05, 0) is 26.0 Å². The number of nitrogens with one attached hydrogen (secondary N) is 2. The lowest BCUT2D eigenvalue weighted by atomic mass is 10.2. The van der Waals surface area contributed by atoms with E-state index in [1.165, 1.54) is 0 Å². The van der Waals surface area contributed by atoms with E-state index in [2.05, 4.69) is 25.8 Å². The molecule has 0 spiro atoms. The summed E-state index contributed by atoms with van der Waals surface area (Å²) in [5, 5.41) is 14.6. The van der Waals surface area contributed by atoms with Gasteiger partial charge < -0.3 is 24.7 Å². The standard InChI is InChI=1S/C16H24N6O2.HI/c1-6-24-13-8-7-12(9-14(13)23-5)19-16(17-3)18-10-15-21-20-11(2)22(15)4;/h7-9H,6,10H2,1-5H3,(H2,17,18,19);1H. The topological polar surface area (TPSA) is 85.6 Å². The largest absolute Gasteiger partial charge is 0.493 e. The molecule has 1 aromatic heterocycles. The van der Waals surface area contributed by atoms with Crippen LogP contribution in [0.5, 0.6) is 11.5 Å². The number of nitrogens with zero attached hydrogens (tertiary/aromatic N) is 4. The highest BCUT2D eigenvalue weighted by molar-refractivity contribution is 14.0. The molecule has 1 aromatic carbocycles. The van der Waals surface area contributed by atoms with Crippen LogP contribution < -0.4 is 20.1 Å². The molecular formula is C16H25IN6O2. The Labute approximate surface area is 165 Å². The van der Waals surface area contributed by atoms with E-state index in [0.29, 0.717) is 30.6 Å². The summed E-state index contributed by atoms with van der Waals surface area (Å²) in [5.41, 5.74) is 0.845. The Morgan fingerprint density at radius 2 is 2.04 bits per heavy atom. The predicted molar refractivity (Wildman–Crippen MR) is 109 cm³/mol. The molecule has 0 aliphatic heterocycles. The molecule has 25 heavy (non-hydrogen) atoms. The Morgan fingerprint density at radius 1 is 1.28 bits per heavy atom. The fourth-order valence-corrected chi connectivity index (χ4v) is 2.10. The zero-order chi connectivity index (χ0) is 17.5. The number of hydrogen-bond acceptors (Lipinski definition) is 5. The van der Waals surface area contributed by atoms with Crippen LogP contribution in [-0.2, 0) is 13.6 Å². The van der Waals surface area contributed by atoms with Crippen molar-refractivity contribution in [2.45, 2.75) is 20.4 Å². The molecular weight excluding hydrogens is 435 g/mol. The second kappa shape index (κ2) is 10.1. The van der Waals surface area contributed by atoms with Gasteiger partial charge in [-0.25, -0.2) is 0 Å². The monoisotopic (exact) mass is 460 g/mol. The van der Waals surface area contributed by atoms with Crippen LogP contribution in [0.25, 0.3) is 0 Å². The minimum Gasteiger partial charge on any atom is -0.493 e. The smallest absolute Gasteiger partial charge is 0.195 e. The van der Waals surface area contributed by atoms with Crippen molar-refractivity contribution < 1.29 is 9.47 Å². The number of ether oxygens (including phenoxy) is 2. The van der Waals surface area contributed by atoms with Gasteiger partial charge in [0.05, 0.1) is 20.3 Å². The molecule has 0 unspecified atom stereocenters. The summed E-state index contributed by atoms with van der Waals surface area (Å²) in [7, 11) is 5.26. The number of anilines is 1. The Balaban J connectivity index is 0.00000312. The third kappa shape index (κ3) is 5.48. The van der Waals surface area contributed by atoms with E-state index in [9.17, 15) is 0 Å². The summed E-state index contributed by atoms with van der Waals surface area (Å²) < 4.78 is 12.8. The maximum Gasteiger partial charge on any atom is 0.195 e. The molecule has 2 N–H and O–H groups in total. The molecule has 2 rings (SSSR count). The van der Waals surface area contributed by atoms with Crippen molar-refractivity contribution in [3.63, 3.8) is 0 Å². The van der Waals surface area contributed by atoms with E-state index >= 15 is 0 Å². The van der Waals surface area contributed by atoms with E-state index in [0.717, 1.165) is 17.3 Å². The summed E-state index contributed by atoms with van der Waals surface area (Å²) in [6, 6.07) is 5.64. The zero-order valence-electron chi connectivity index (χ0n) is 15.2. The molecule has 8 nitrogen and oxygen atoms in total. The van der Waals surface area contributed by atoms with Gasteiger partial charge in [-0.2, -0.15) is 0 Å². The third-order valence-corrected chi connectivity index (χ3v) is 3.55. The molecule has 0 aliphatic carbocycles. The van der Waals surface area contributed by atoms with Gasteiger partial charge in [0, 0.05) is 25.8 Å². The highest BCUT2D eigenvalue weighted by Crippen LogP contribution is 2.30. The van der Waals surface area contributed by atoms with Crippen LogP contribution in [0.4, 0.5) is 5.69 Å². The van der Waals surface area contributed by atoms with Gasteiger partial charge in [0.15, 0.2) is 23.3 Å². The fraction of sp³-hybridized carbons (Fsp3) is 0.438. The minimum absolute atomic E-state index is 0. The first kappa shape index (κ1) is 21.0. The van der Waals surface area contributed by atoms with Gasteiger partial charge in [-0.1, -0.05) is 0 Å². The normalized spacial score (nSPS) is 10.8. The second-order valence-electron chi connectivity index (χ2n) is 5.07. The predicted octanol–water partition coefficient (Wildman–Crippen LogP) is 2.34. The third-order valence-electron chi connectivity index (χ3n) is 3.55. The van der Waals surface area contributed by atoms with Crippen LogP contribution >= 0.6 is 24.0 Å². The summed E-state index contributed by atoms with van der Waals surface area (Å²) in [6.07, 6.45) is 0. The Morgan fingerprint density at radius 3 is 2.60 bits per heavy atom. The van der Waals surface area contributed by atoms with Crippen LogP contribution in [0.3, 0.4) is 0 Å². The molecule has 0 bridgehead atoms. The Kier molecular flexibility index (Phi) is 8.46. The summed E-state index contributed by atoms with van der Waals surface area (Å²) >= 11 is 0. The Bertz CT molecular complexity index is 717. The maximum absolute atomic E-state index is 5.52. The Hall–Kier alpha value is -2.04. The highest BCUT2D eigenvalue weighted by Gasteiger charge is 2.08. The zero-order valence-corrected chi connectivity index (χ0v) is 17.5. The molecule has 138 valence electrons. The minimum atomic E-state index is 0. The molecule has 2 aromatic rings. The van der Waals surface area contributed by atoms with Crippen LogP contribution in [0, 0.1) is 6.92 Å². The van der Waals surface area contributed by atoms with Crippen molar-refractivity contribution in [2.75, 3.05) is 26.1 Å². The molecule has 0 saturated heterocycles. The summed E-state index contributed by atoms with van der Waals surface area (Å²) in [5.74, 6) is 3.71. The van der Waals surface area contributed by atoms with Crippen molar-refractivity contribution in [3.05, 3.63) is 29.8 Å². The highest BCUT2D eigenvalue weighted by atomic mass is 127. The van der Waals surface area contributed by atoms with Gasteiger partial charge in [0.25, 0.3) is 0 Å². The van der Waals surface area contributed by atoms with E-state index in [4.69, 9.17) is 9.47 Å². The number of hydrogen-bond donors (Lipinski definition) is 2. The first-order valence-corrected chi connectivity index (χ1v) is 7.72. The molecule has 1 heterocycles. The lowest BCUT2D eigenvalue weighted by Crippen LogP contribution is -2.31. The number of aliphatic imine (C=N–C) groups is 1. The van der Waals surface area contributed by atoms with E-state index in [1.54, 1.807) is 14.2 Å². The first-order chi connectivity index (χ1) is 11.6. The van der Waals surface area contributed by atoms with E-state index in [-0.39, 0.29) is 24.0 Å². The van der Waals surface area contributed by atoms with Crippen LogP contribution in [0.1, 0.15) is 18.6 Å². The fourth-order valence-electron chi connectivity index (χ4n) is 2.10. The number of aromatic nitrogens is 3. The first-order valence-electron chi connectivity index (χ1n) is 7.72. The number of methoxy groups -OCH3 is 1. The molecule has 0 amide bonds. The number of halogens is 1. The molecule has 0 aliphatic rings. The molecule has 9 heteroatoms. The van der Waals surface area contributed by atoms with Crippen LogP contribution in [0.2, 0.25) is 0 Å². The lowest BCUT2D eigenvalue weighted by Gasteiger charge is -2.14. The number of guanidine groups is 1. The van der Waals surface area contributed by atoms with Gasteiger partial charge in [-0.15, -0.1) is 34.2 Å². The maximum atomic E-state index is 5.52. The average Bonchev–Trinajstić information content (AvgIpc) is 2.91. The summed E-state index contributed by atoms with van der Waals surface area (Å²) in [6.45, 7) is 4.95. The molecule has 0 atom stereocenters. The van der Waals surface area contributed by atoms with Gasteiger partial charge in [0.2, 0.25) is 0 Å². The number of rotatable bonds is 6. The second-order valence-corrected chi connectivity index (χ2v) is 5.07. The van der Waals surface area contributed by atoms with Crippen molar-refractivity contribution in [2.24, 2.45) is 12.0 Å². The van der Waals surface area contributed by atoms with Crippen molar-refractivity contribution in [1.29, 1.82) is 0 Å². The number of benzene rings is 1. The quantitative estimate of drug-likeness (QED) is 0.391. The molecule has 0 radical (unpaired) electrons. The van der Waals surface area contributed by atoms with Crippen molar-refractivity contribution in [3.8, 4) is 11.5 Å². The van der Waals surface area contributed by atoms with Crippen LogP contribution in [0.15, 0.2) is 23.2 Å². The van der Waals surface area contributed by atoms with Gasteiger partial charge >= 0.3 is 0 Å². The van der Waals surface area contributed by atoms with Crippen molar-refractivity contribution in [1.82, 2.24) is 20.1 Å². The lowest BCUT2D eigenvalue weighted by molar-refractivity contribution is 0.311. The van der Waals surface area contributed by atoms with E-state index in [1.807, 2.05) is 43.7 Å².